The van der Waals surface area contributed by atoms with Gasteiger partial charge in [0.25, 0.3) is 15.3 Å². The number of amides is 1. The second-order valence-corrected chi connectivity index (χ2v) is 9.92. The van der Waals surface area contributed by atoms with E-state index in [2.05, 4.69) is 0 Å². The molecule has 0 radical (unpaired) electrons. The van der Waals surface area contributed by atoms with Gasteiger partial charge in [0.15, 0.2) is 0 Å². The van der Waals surface area contributed by atoms with Gasteiger partial charge in [0.05, 0.1) is 4.90 Å². The molecule has 0 spiro atoms. The first-order valence-corrected chi connectivity index (χ1v) is 10.0. The molecule has 2 rings (SSSR count). The van der Waals surface area contributed by atoms with Gasteiger partial charge in [-0.3, -0.25) is 9.59 Å². The molecule has 0 N–H and O–H groups in total. The van der Waals surface area contributed by atoms with E-state index >= 15 is 0 Å². The van der Waals surface area contributed by atoms with E-state index in [-0.39, 0.29) is 39.7 Å². The van der Waals surface area contributed by atoms with Crippen LogP contribution in [0.15, 0.2) is 29.2 Å². The van der Waals surface area contributed by atoms with Gasteiger partial charge in [0.2, 0.25) is 5.91 Å². The van der Waals surface area contributed by atoms with Crippen LogP contribution in [0.2, 0.25) is 0 Å². The van der Waals surface area contributed by atoms with Crippen molar-refractivity contribution in [2.24, 2.45) is 16.7 Å². The summed E-state index contributed by atoms with van der Waals surface area (Å²) in [5.41, 5.74) is -0.487. The largest absolute Gasteiger partial charge is 0.276 e. The van der Waals surface area contributed by atoms with E-state index in [4.69, 9.17) is 11.6 Å². The van der Waals surface area contributed by atoms with Crippen LogP contribution in [-0.2, 0) is 14.8 Å². The Balaban J connectivity index is 2.48. The van der Waals surface area contributed by atoms with Crippen molar-refractivity contribution in [2.75, 3.05) is 6.54 Å². The number of hydrogen-bond donors (Lipinski definition) is 0. The molecule has 7 heteroatoms. The van der Waals surface area contributed by atoms with E-state index in [1.165, 1.54) is 24.3 Å². The standard InChI is InChI=1S/C18H24ClNO4S/c1-6-14-16(22)20(11-17(2,3)18(14,4)5)25(23,24)13-9-7-12(8-10-13)15(19)21/h7-10,14H,6,11H2,1-5H3. The zero-order valence-corrected chi connectivity index (χ0v) is 16.7. The molecule has 1 saturated heterocycles. The van der Waals surface area contributed by atoms with Gasteiger partial charge in [-0.25, -0.2) is 12.7 Å². The second kappa shape index (κ2) is 6.40. The lowest BCUT2D eigenvalue weighted by Gasteiger charge is -2.53. The predicted molar refractivity (Wildman–Crippen MR) is 96.9 cm³/mol. The third kappa shape index (κ3) is 3.22. The normalized spacial score (nSPS) is 22.7. The molecule has 138 valence electrons. The van der Waals surface area contributed by atoms with Gasteiger partial charge in [-0.15, -0.1) is 0 Å². The van der Waals surface area contributed by atoms with E-state index in [1.54, 1.807) is 0 Å². The van der Waals surface area contributed by atoms with Crippen LogP contribution in [0, 0.1) is 16.7 Å². The summed E-state index contributed by atoms with van der Waals surface area (Å²) in [7, 11) is -3.99. The molecule has 0 aromatic heterocycles. The van der Waals surface area contributed by atoms with Gasteiger partial charge in [0.1, 0.15) is 0 Å². The molecule has 0 aliphatic carbocycles. The van der Waals surface area contributed by atoms with Crippen molar-refractivity contribution in [3.05, 3.63) is 29.8 Å². The second-order valence-electron chi connectivity index (χ2n) is 7.71. The number of piperidine rings is 1. The highest BCUT2D eigenvalue weighted by Crippen LogP contribution is 2.51. The Kier molecular flexibility index (Phi) is 5.10. The fraction of sp³-hybridized carbons (Fsp3) is 0.556. The maximum Gasteiger partial charge on any atom is 0.266 e. The van der Waals surface area contributed by atoms with Crippen molar-refractivity contribution in [2.45, 2.75) is 45.9 Å². The summed E-state index contributed by atoms with van der Waals surface area (Å²) in [6.45, 7) is 10.0. The van der Waals surface area contributed by atoms with Gasteiger partial charge in [-0.1, -0.05) is 34.6 Å². The molecular weight excluding hydrogens is 362 g/mol. The monoisotopic (exact) mass is 385 g/mol. The number of halogens is 1. The highest BCUT2D eigenvalue weighted by Gasteiger charge is 2.54. The Morgan fingerprint density at radius 3 is 2.16 bits per heavy atom. The highest BCUT2D eigenvalue weighted by molar-refractivity contribution is 7.89. The molecule has 5 nitrogen and oxygen atoms in total. The zero-order valence-electron chi connectivity index (χ0n) is 15.2. The smallest absolute Gasteiger partial charge is 0.266 e. The lowest BCUT2D eigenvalue weighted by molar-refractivity contribution is -0.148. The van der Waals surface area contributed by atoms with Gasteiger partial charge in [0, 0.05) is 18.0 Å². The van der Waals surface area contributed by atoms with Crippen LogP contribution >= 0.6 is 11.6 Å². The van der Waals surface area contributed by atoms with Crippen molar-refractivity contribution in [1.29, 1.82) is 0 Å². The molecule has 1 aliphatic heterocycles. The topological polar surface area (TPSA) is 71.5 Å². The highest BCUT2D eigenvalue weighted by atomic mass is 35.5. The van der Waals surface area contributed by atoms with E-state index in [0.717, 1.165) is 4.31 Å². The number of sulfonamides is 1. The maximum atomic E-state index is 13.0. The SMILES string of the molecule is CCC1C(=O)N(S(=O)(=O)c2ccc(C(=O)Cl)cc2)CC(C)(C)C1(C)C. The minimum Gasteiger partial charge on any atom is -0.276 e. The quantitative estimate of drug-likeness (QED) is 0.741. The summed E-state index contributed by atoms with van der Waals surface area (Å²) in [5, 5.41) is -0.660. The minimum atomic E-state index is -3.99. The molecule has 1 heterocycles. The van der Waals surface area contributed by atoms with E-state index < -0.39 is 15.3 Å². The molecular formula is C18H24ClNO4S. The number of nitrogens with zero attached hydrogens (tertiary/aromatic N) is 1. The van der Waals surface area contributed by atoms with Crippen molar-refractivity contribution in [3.63, 3.8) is 0 Å². The summed E-state index contributed by atoms with van der Waals surface area (Å²) in [6.07, 6.45) is 0.570. The fourth-order valence-corrected chi connectivity index (χ4v) is 5.09. The summed E-state index contributed by atoms with van der Waals surface area (Å²) in [4.78, 5) is 24.1. The lowest BCUT2D eigenvalue weighted by Crippen LogP contribution is -2.59. The maximum absolute atomic E-state index is 13.0. The molecule has 1 aromatic rings. The molecule has 1 fully saturated rings. The number of rotatable bonds is 4. The lowest BCUT2D eigenvalue weighted by atomic mass is 9.58. The zero-order chi connectivity index (χ0) is 19.2. The van der Waals surface area contributed by atoms with Crippen LogP contribution < -0.4 is 0 Å². The van der Waals surface area contributed by atoms with E-state index in [0.29, 0.717) is 6.42 Å². The molecule has 25 heavy (non-hydrogen) atoms. The molecule has 1 amide bonds. The van der Waals surface area contributed by atoms with Gasteiger partial charge in [-0.2, -0.15) is 0 Å². The number of carbonyl (C=O) groups excluding carboxylic acids is 2. The van der Waals surface area contributed by atoms with E-state index in [1.807, 2.05) is 34.6 Å². The summed E-state index contributed by atoms with van der Waals surface area (Å²) in [6, 6.07) is 5.32. The first-order valence-electron chi connectivity index (χ1n) is 8.22. The molecule has 1 aromatic carbocycles. The molecule has 1 unspecified atom stereocenters. The van der Waals surface area contributed by atoms with Crippen LogP contribution in [0.4, 0.5) is 0 Å². The first kappa shape index (κ1) is 19.9. The van der Waals surface area contributed by atoms with Crippen molar-refractivity contribution in [3.8, 4) is 0 Å². The van der Waals surface area contributed by atoms with Crippen molar-refractivity contribution >= 4 is 32.8 Å². The summed E-state index contributed by atoms with van der Waals surface area (Å²) in [5.74, 6) is -0.751. The fourth-order valence-electron chi connectivity index (χ4n) is 3.37. The number of hydrogen-bond acceptors (Lipinski definition) is 4. The molecule has 0 saturated carbocycles. The number of benzene rings is 1. The van der Waals surface area contributed by atoms with Crippen LogP contribution in [0.5, 0.6) is 0 Å². The molecule has 1 aliphatic rings. The Labute approximate surface area is 154 Å². The van der Waals surface area contributed by atoms with Crippen LogP contribution in [0.3, 0.4) is 0 Å². The average Bonchev–Trinajstić information content (AvgIpc) is 2.51. The molecule has 1 atom stereocenters. The van der Waals surface area contributed by atoms with Gasteiger partial charge < -0.3 is 0 Å². The Morgan fingerprint density at radius 1 is 1.20 bits per heavy atom. The van der Waals surface area contributed by atoms with E-state index in [9.17, 15) is 18.0 Å². The molecule has 0 bridgehead atoms. The van der Waals surface area contributed by atoms with Crippen LogP contribution in [-0.4, -0.2) is 30.4 Å². The number of carbonyl (C=O) groups is 2. The summed E-state index contributed by atoms with van der Waals surface area (Å²) >= 11 is 5.40. The van der Waals surface area contributed by atoms with Crippen LogP contribution in [0.25, 0.3) is 0 Å². The van der Waals surface area contributed by atoms with Crippen molar-refractivity contribution < 1.29 is 18.0 Å². The Morgan fingerprint density at radius 2 is 1.72 bits per heavy atom. The van der Waals surface area contributed by atoms with Gasteiger partial charge >= 0.3 is 0 Å². The minimum absolute atomic E-state index is 0.0205. The van der Waals surface area contributed by atoms with Gasteiger partial charge in [-0.05, 0) is 53.1 Å². The Bertz CT molecular complexity index is 797. The van der Waals surface area contributed by atoms with Crippen molar-refractivity contribution in [1.82, 2.24) is 4.31 Å². The Hall–Kier alpha value is -1.40. The third-order valence-corrected chi connectivity index (χ3v) is 7.75. The first-order chi connectivity index (χ1) is 11.4. The van der Waals surface area contributed by atoms with Crippen LogP contribution in [0.1, 0.15) is 51.4 Å². The summed E-state index contributed by atoms with van der Waals surface area (Å²) < 4.78 is 27.0. The average molecular weight is 386 g/mol. The predicted octanol–water partition coefficient (Wildman–Crippen LogP) is 3.68. The third-order valence-electron chi connectivity index (χ3n) is 5.78.